The fourth-order valence-electron chi connectivity index (χ4n) is 1.58. The molecule has 4 heteroatoms. The number of nitrogens with zero attached hydrogens (tertiary/aromatic N) is 2. The Labute approximate surface area is 97.7 Å². The number of nitrogen functional groups attached to an aromatic ring is 1. The third-order valence-corrected chi connectivity index (χ3v) is 2.54. The van der Waals surface area contributed by atoms with Gasteiger partial charge in [-0.3, -0.25) is 0 Å². The molecular formula is C12H22N4. The zero-order valence-corrected chi connectivity index (χ0v) is 10.2. The normalized spacial score (nSPS) is 12.4. The Bertz CT molecular complexity index is 284. The Balaban J connectivity index is 2.23. The summed E-state index contributed by atoms with van der Waals surface area (Å²) in [6.07, 6.45) is 9.59. The van der Waals surface area contributed by atoms with Crippen LogP contribution < -0.4 is 11.1 Å². The number of unbranched alkanes of at least 4 members (excludes halogenated alkanes) is 3. The van der Waals surface area contributed by atoms with Crippen molar-refractivity contribution in [2.75, 3.05) is 11.1 Å². The lowest BCUT2D eigenvalue weighted by Crippen LogP contribution is -2.16. The lowest BCUT2D eigenvalue weighted by atomic mass is 10.1. The van der Waals surface area contributed by atoms with Crippen LogP contribution in [0.1, 0.15) is 46.0 Å². The van der Waals surface area contributed by atoms with Crippen LogP contribution in [0.25, 0.3) is 0 Å². The molecule has 90 valence electrons. The van der Waals surface area contributed by atoms with Gasteiger partial charge in [-0.1, -0.05) is 32.6 Å². The molecular weight excluding hydrogens is 200 g/mol. The second kappa shape index (κ2) is 7.04. The molecule has 0 fully saturated rings. The summed E-state index contributed by atoms with van der Waals surface area (Å²) in [4.78, 5) is 8.23. The second-order valence-corrected chi connectivity index (χ2v) is 4.23. The van der Waals surface area contributed by atoms with Crippen LogP contribution in [0.4, 0.5) is 11.6 Å². The van der Waals surface area contributed by atoms with Crippen molar-refractivity contribution in [3.8, 4) is 0 Å². The molecule has 3 N–H and O–H groups in total. The minimum absolute atomic E-state index is 0.417. The first-order valence-electron chi connectivity index (χ1n) is 6.06. The van der Waals surface area contributed by atoms with Gasteiger partial charge in [-0.05, 0) is 13.3 Å². The predicted octanol–water partition coefficient (Wildman–Crippen LogP) is 2.83. The van der Waals surface area contributed by atoms with Crippen LogP contribution in [0.15, 0.2) is 12.4 Å². The maximum absolute atomic E-state index is 5.52. The van der Waals surface area contributed by atoms with Crippen molar-refractivity contribution in [2.24, 2.45) is 0 Å². The Morgan fingerprint density at radius 3 is 2.56 bits per heavy atom. The van der Waals surface area contributed by atoms with E-state index in [-0.39, 0.29) is 0 Å². The number of aromatic nitrogens is 2. The van der Waals surface area contributed by atoms with Gasteiger partial charge in [0.15, 0.2) is 0 Å². The molecule has 1 aromatic rings. The van der Waals surface area contributed by atoms with Crippen molar-refractivity contribution in [3.63, 3.8) is 0 Å². The molecule has 0 saturated carbocycles. The molecule has 1 aromatic heterocycles. The van der Waals surface area contributed by atoms with E-state index >= 15 is 0 Å². The summed E-state index contributed by atoms with van der Waals surface area (Å²) < 4.78 is 0. The first kappa shape index (κ1) is 12.7. The van der Waals surface area contributed by atoms with Crippen LogP contribution in [0.2, 0.25) is 0 Å². The van der Waals surface area contributed by atoms with Gasteiger partial charge in [0.2, 0.25) is 5.95 Å². The average molecular weight is 222 g/mol. The number of rotatable bonds is 7. The molecule has 0 bridgehead atoms. The van der Waals surface area contributed by atoms with Gasteiger partial charge in [-0.2, -0.15) is 0 Å². The summed E-state index contributed by atoms with van der Waals surface area (Å²) >= 11 is 0. The van der Waals surface area contributed by atoms with E-state index < -0.39 is 0 Å². The molecule has 0 radical (unpaired) electrons. The number of anilines is 2. The van der Waals surface area contributed by atoms with Crippen LogP contribution in [-0.2, 0) is 0 Å². The molecule has 1 heterocycles. The SMILES string of the molecule is CCCCCCC(C)Nc1ncc(N)cn1. The molecule has 1 atom stereocenters. The zero-order valence-electron chi connectivity index (χ0n) is 10.2. The molecule has 1 rings (SSSR count). The molecule has 0 amide bonds. The van der Waals surface area contributed by atoms with Gasteiger partial charge in [0.25, 0.3) is 0 Å². The summed E-state index contributed by atoms with van der Waals surface area (Å²) in [5, 5.41) is 3.27. The topological polar surface area (TPSA) is 63.8 Å². The third-order valence-electron chi connectivity index (χ3n) is 2.54. The van der Waals surface area contributed by atoms with Gasteiger partial charge in [0, 0.05) is 6.04 Å². The molecule has 0 saturated heterocycles. The second-order valence-electron chi connectivity index (χ2n) is 4.23. The number of nitrogens with two attached hydrogens (primary N) is 1. The number of hydrogen-bond acceptors (Lipinski definition) is 4. The van der Waals surface area contributed by atoms with Gasteiger partial charge in [-0.15, -0.1) is 0 Å². The predicted molar refractivity (Wildman–Crippen MR) is 68.3 cm³/mol. The minimum atomic E-state index is 0.417. The molecule has 1 unspecified atom stereocenters. The monoisotopic (exact) mass is 222 g/mol. The van der Waals surface area contributed by atoms with Crippen LogP contribution in [-0.4, -0.2) is 16.0 Å². The van der Waals surface area contributed by atoms with Crippen molar-refractivity contribution in [1.82, 2.24) is 9.97 Å². The van der Waals surface area contributed by atoms with Crippen LogP contribution in [0.5, 0.6) is 0 Å². The average Bonchev–Trinajstić information content (AvgIpc) is 2.28. The summed E-state index contributed by atoms with van der Waals surface area (Å²) in [6.45, 7) is 4.38. The quantitative estimate of drug-likeness (QED) is 0.696. The van der Waals surface area contributed by atoms with Crippen molar-refractivity contribution in [2.45, 2.75) is 52.0 Å². The molecule has 16 heavy (non-hydrogen) atoms. The van der Waals surface area contributed by atoms with Gasteiger partial charge in [0.05, 0.1) is 18.1 Å². The molecule has 0 spiro atoms. The lowest BCUT2D eigenvalue weighted by Gasteiger charge is -2.13. The summed E-state index contributed by atoms with van der Waals surface area (Å²) in [5.41, 5.74) is 6.12. The maximum Gasteiger partial charge on any atom is 0.222 e. The van der Waals surface area contributed by atoms with E-state index in [1.54, 1.807) is 12.4 Å². The van der Waals surface area contributed by atoms with Gasteiger partial charge >= 0.3 is 0 Å². The first-order valence-corrected chi connectivity index (χ1v) is 6.06. The maximum atomic E-state index is 5.52. The largest absolute Gasteiger partial charge is 0.396 e. The van der Waals surface area contributed by atoms with Crippen molar-refractivity contribution >= 4 is 11.6 Å². The summed E-state index contributed by atoms with van der Waals surface area (Å²) in [5.74, 6) is 0.664. The van der Waals surface area contributed by atoms with Crippen LogP contribution in [0.3, 0.4) is 0 Å². The van der Waals surface area contributed by atoms with E-state index in [0.29, 0.717) is 17.7 Å². The fourth-order valence-corrected chi connectivity index (χ4v) is 1.58. The zero-order chi connectivity index (χ0) is 11.8. The lowest BCUT2D eigenvalue weighted by molar-refractivity contribution is 0.591. The highest BCUT2D eigenvalue weighted by atomic mass is 15.1. The Kier molecular flexibility index (Phi) is 5.61. The third kappa shape index (κ3) is 4.96. The van der Waals surface area contributed by atoms with Gasteiger partial charge < -0.3 is 11.1 Å². The molecule has 4 nitrogen and oxygen atoms in total. The summed E-state index contributed by atoms with van der Waals surface area (Å²) in [6, 6.07) is 0.417. The first-order chi connectivity index (χ1) is 7.72. The van der Waals surface area contributed by atoms with Crippen molar-refractivity contribution < 1.29 is 0 Å². The standard InChI is InChI=1S/C12H22N4/c1-3-4-5-6-7-10(2)16-12-14-8-11(13)9-15-12/h8-10H,3-7,13H2,1-2H3,(H,14,15,16). The molecule has 0 aliphatic carbocycles. The summed E-state index contributed by atoms with van der Waals surface area (Å²) in [7, 11) is 0. The fraction of sp³-hybridized carbons (Fsp3) is 0.667. The van der Waals surface area contributed by atoms with Crippen molar-refractivity contribution in [1.29, 1.82) is 0 Å². The Morgan fingerprint density at radius 1 is 1.25 bits per heavy atom. The Morgan fingerprint density at radius 2 is 1.94 bits per heavy atom. The van der Waals surface area contributed by atoms with Crippen LogP contribution in [0, 0.1) is 0 Å². The smallest absolute Gasteiger partial charge is 0.222 e. The van der Waals surface area contributed by atoms with E-state index in [1.165, 1.54) is 25.7 Å². The molecule has 0 aliphatic heterocycles. The van der Waals surface area contributed by atoms with E-state index in [9.17, 15) is 0 Å². The molecule has 0 aromatic carbocycles. The van der Waals surface area contributed by atoms with E-state index in [2.05, 4.69) is 29.1 Å². The highest BCUT2D eigenvalue weighted by Gasteiger charge is 2.03. The molecule has 0 aliphatic rings. The van der Waals surface area contributed by atoms with Gasteiger partial charge in [-0.25, -0.2) is 9.97 Å². The van der Waals surface area contributed by atoms with E-state index in [4.69, 9.17) is 5.73 Å². The highest BCUT2D eigenvalue weighted by molar-refractivity contribution is 5.36. The Hall–Kier alpha value is -1.32. The minimum Gasteiger partial charge on any atom is -0.396 e. The number of hydrogen-bond donors (Lipinski definition) is 2. The van der Waals surface area contributed by atoms with Gasteiger partial charge in [0.1, 0.15) is 0 Å². The highest BCUT2D eigenvalue weighted by Crippen LogP contribution is 2.09. The van der Waals surface area contributed by atoms with Crippen LogP contribution >= 0.6 is 0 Å². The van der Waals surface area contributed by atoms with E-state index in [0.717, 1.165) is 6.42 Å². The van der Waals surface area contributed by atoms with E-state index in [1.807, 2.05) is 0 Å². The number of nitrogens with one attached hydrogen (secondary N) is 1. The van der Waals surface area contributed by atoms with Crippen molar-refractivity contribution in [3.05, 3.63) is 12.4 Å².